The molecule has 0 spiro atoms. The van der Waals surface area contributed by atoms with Gasteiger partial charge in [-0.1, -0.05) is 29.4 Å². The summed E-state index contributed by atoms with van der Waals surface area (Å²) in [5.74, 6) is 0.336. The van der Waals surface area contributed by atoms with Crippen molar-refractivity contribution >= 4 is 29.0 Å². The minimum Gasteiger partial charge on any atom is -0.493 e. The number of pyridine rings is 1. The van der Waals surface area contributed by atoms with Crippen LogP contribution in [-0.2, 0) is 6.18 Å². The van der Waals surface area contributed by atoms with Gasteiger partial charge in [-0.3, -0.25) is 4.40 Å². The number of ether oxygens (including phenoxy) is 1. The van der Waals surface area contributed by atoms with Crippen LogP contribution in [0, 0.1) is 5.82 Å². The van der Waals surface area contributed by atoms with Gasteiger partial charge in [-0.05, 0) is 18.2 Å². The third kappa shape index (κ3) is 4.16. The van der Waals surface area contributed by atoms with Crippen LogP contribution in [0.3, 0.4) is 0 Å². The van der Waals surface area contributed by atoms with E-state index in [2.05, 4.69) is 10.2 Å². The number of benzene rings is 1. The Bertz CT molecular complexity index is 900. The van der Waals surface area contributed by atoms with Crippen molar-refractivity contribution in [1.82, 2.24) is 14.6 Å². The van der Waals surface area contributed by atoms with Crippen molar-refractivity contribution in [2.75, 3.05) is 12.4 Å². The Morgan fingerprint density at radius 2 is 2.00 bits per heavy atom. The molecule has 4 nitrogen and oxygen atoms in total. The van der Waals surface area contributed by atoms with Crippen LogP contribution in [0.1, 0.15) is 5.56 Å². The Morgan fingerprint density at radius 3 is 2.72 bits per heavy atom. The molecule has 0 radical (unpaired) electrons. The zero-order valence-corrected chi connectivity index (χ0v) is 14.0. The molecule has 0 N–H and O–H groups in total. The number of thioether (sulfide) groups is 1. The quantitative estimate of drug-likeness (QED) is 0.359. The summed E-state index contributed by atoms with van der Waals surface area (Å²) in [4.78, 5) is 0. The summed E-state index contributed by atoms with van der Waals surface area (Å²) in [5, 5.41) is 7.76. The molecule has 0 amide bonds. The van der Waals surface area contributed by atoms with Crippen molar-refractivity contribution in [2.45, 2.75) is 11.3 Å². The van der Waals surface area contributed by atoms with E-state index >= 15 is 0 Å². The van der Waals surface area contributed by atoms with Crippen molar-refractivity contribution < 1.29 is 22.3 Å². The Morgan fingerprint density at radius 1 is 1.20 bits per heavy atom. The number of nitrogens with zero attached hydrogens (tertiary/aromatic N) is 3. The first-order valence-electron chi connectivity index (χ1n) is 6.97. The Kier molecular flexibility index (Phi) is 5.05. The van der Waals surface area contributed by atoms with Crippen LogP contribution < -0.4 is 4.74 Å². The summed E-state index contributed by atoms with van der Waals surface area (Å²) in [7, 11) is 0. The largest absolute Gasteiger partial charge is 0.493 e. The lowest BCUT2D eigenvalue weighted by Gasteiger charge is -2.09. The molecule has 3 aromatic rings. The van der Waals surface area contributed by atoms with Crippen molar-refractivity contribution in [1.29, 1.82) is 0 Å². The van der Waals surface area contributed by atoms with Crippen molar-refractivity contribution in [2.24, 2.45) is 0 Å². The molecule has 0 aliphatic heterocycles. The van der Waals surface area contributed by atoms with Gasteiger partial charge in [-0.15, -0.1) is 10.2 Å². The zero-order valence-electron chi connectivity index (χ0n) is 12.4. The van der Waals surface area contributed by atoms with E-state index in [0.29, 0.717) is 11.5 Å². The van der Waals surface area contributed by atoms with Crippen LogP contribution in [0.15, 0.2) is 41.7 Å². The van der Waals surface area contributed by atoms with Gasteiger partial charge in [0.1, 0.15) is 11.6 Å². The van der Waals surface area contributed by atoms with E-state index < -0.39 is 17.6 Å². The fourth-order valence-electron chi connectivity index (χ4n) is 2.04. The van der Waals surface area contributed by atoms with Gasteiger partial charge in [0.2, 0.25) is 0 Å². The second kappa shape index (κ2) is 7.09. The molecule has 132 valence electrons. The average Bonchev–Trinajstić information content (AvgIpc) is 2.94. The first-order chi connectivity index (χ1) is 11.8. The standard InChI is InChI=1S/C15H10ClF4N3OS/c16-12-6-9(15(18,19)20)8-23-13(12)21-22-14(23)25-5-4-24-11-3-1-2-10(17)7-11/h1-3,6-8H,4-5H2. The highest BCUT2D eigenvalue weighted by Crippen LogP contribution is 2.33. The summed E-state index contributed by atoms with van der Waals surface area (Å²) >= 11 is 7.00. The first-order valence-corrected chi connectivity index (χ1v) is 8.33. The molecule has 0 unspecified atom stereocenters. The van der Waals surface area contributed by atoms with Crippen LogP contribution in [0.5, 0.6) is 5.75 Å². The number of aromatic nitrogens is 3. The first kappa shape index (κ1) is 17.8. The second-order valence-electron chi connectivity index (χ2n) is 4.90. The molecular formula is C15H10ClF4N3OS. The van der Waals surface area contributed by atoms with Gasteiger partial charge in [0.25, 0.3) is 0 Å². The third-order valence-electron chi connectivity index (χ3n) is 3.14. The second-order valence-corrected chi connectivity index (χ2v) is 6.37. The fraction of sp³-hybridized carbons (Fsp3) is 0.200. The number of alkyl halides is 3. The molecule has 2 aromatic heterocycles. The van der Waals surface area contributed by atoms with E-state index in [1.165, 1.54) is 22.6 Å². The molecular weight excluding hydrogens is 382 g/mol. The maximum Gasteiger partial charge on any atom is 0.417 e. The van der Waals surface area contributed by atoms with Crippen LogP contribution in [0.4, 0.5) is 17.6 Å². The predicted octanol–water partition coefficient (Wildman–Crippen LogP) is 4.71. The molecule has 3 rings (SSSR count). The molecule has 0 atom stereocenters. The molecule has 10 heteroatoms. The Hall–Kier alpha value is -2.00. The van der Waals surface area contributed by atoms with Gasteiger partial charge in [-0.25, -0.2) is 4.39 Å². The number of hydrogen-bond acceptors (Lipinski definition) is 4. The predicted molar refractivity (Wildman–Crippen MR) is 85.6 cm³/mol. The third-order valence-corrected chi connectivity index (χ3v) is 4.32. The van der Waals surface area contributed by atoms with Gasteiger partial charge in [0.05, 0.1) is 17.2 Å². The molecule has 0 aliphatic rings. The van der Waals surface area contributed by atoms with E-state index in [-0.39, 0.29) is 22.4 Å². The highest BCUT2D eigenvalue weighted by Gasteiger charge is 2.32. The van der Waals surface area contributed by atoms with Crippen LogP contribution in [-0.4, -0.2) is 27.0 Å². The Balaban J connectivity index is 1.70. The smallest absolute Gasteiger partial charge is 0.417 e. The lowest BCUT2D eigenvalue weighted by molar-refractivity contribution is -0.137. The van der Waals surface area contributed by atoms with Crippen molar-refractivity contribution in [3.63, 3.8) is 0 Å². The van der Waals surface area contributed by atoms with E-state index in [1.54, 1.807) is 6.07 Å². The summed E-state index contributed by atoms with van der Waals surface area (Å²) in [6.45, 7) is 0.218. The minimum atomic E-state index is -4.52. The molecule has 25 heavy (non-hydrogen) atoms. The minimum absolute atomic E-state index is 0.134. The van der Waals surface area contributed by atoms with Gasteiger partial charge in [-0.2, -0.15) is 13.2 Å². The molecule has 0 saturated heterocycles. The summed E-state index contributed by atoms with van der Waals surface area (Å²) < 4.78 is 58.3. The monoisotopic (exact) mass is 391 g/mol. The molecule has 0 saturated carbocycles. The Labute approximate surface area is 148 Å². The van der Waals surface area contributed by atoms with E-state index in [9.17, 15) is 17.6 Å². The molecule has 0 aliphatic carbocycles. The maximum atomic E-state index is 13.0. The molecule has 0 bridgehead atoms. The number of rotatable bonds is 5. The normalized spacial score (nSPS) is 11.9. The number of fused-ring (bicyclic) bond motifs is 1. The van der Waals surface area contributed by atoms with Crippen LogP contribution >= 0.6 is 23.4 Å². The SMILES string of the molecule is Fc1cccc(OCCSc2nnc3c(Cl)cc(C(F)(F)F)cn23)c1. The average molecular weight is 392 g/mol. The van der Waals surface area contributed by atoms with Crippen molar-refractivity contribution in [3.8, 4) is 5.75 Å². The highest BCUT2D eigenvalue weighted by atomic mass is 35.5. The van der Waals surface area contributed by atoms with E-state index in [1.807, 2.05) is 0 Å². The number of hydrogen-bond donors (Lipinski definition) is 0. The van der Waals surface area contributed by atoms with Crippen molar-refractivity contribution in [3.05, 3.63) is 52.9 Å². The van der Waals surface area contributed by atoms with Crippen LogP contribution in [0.2, 0.25) is 5.02 Å². The lowest BCUT2D eigenvalue weighted by Crippen LogP contribution is -2.07. The van der Waals surface area contributed by atoms with Gasteiger partial charge in [0, 0.05) is 18.0 Å². The van der Waals surface area contributed by atoms with Gasteiger partial charge in [0.15, 0.2) is 10.8 Å². The molecule has 2 heterocycles. The lowest BCUT2D eigenvalue weighted by atomic mass is 10.3. The zero-order chi connectivity index (χ0) is 18.0. The van der Waals surface area contributed by atoms with Gasteiger partial charge >= 0.3 is 6.18 Å². The summed E-state index contributed by atoms with van der Waals surface area (Å²) in [6.07, 6.45) is -3.62. The molecule has 1 aromatic carbocycles. The fourth-order valence-corrected chi connectivity index (χ4v) is 3.01. The van der Waals surface area contributed by atoms with E-state index in [0.717, 1.165) is 24.0 Å². The number of halogens is 5. The topological polar surface area (TPSA) is 39.4 Å². The van der Waals surface area contributed by atoms with E-state index in [4.69, 9.17) is 16.3 Å². The summed E-state index contributed by atoms with van der Waals surface area (Å²) in [5.41, 5.74) is -0.745. The van der Waals surface area contributed by atoms with Gasteiger partial charge < -0.3 is 4.74 Å². The highest BCUT2D eigenvalue weighted by molar-refractivity contribution is 7.99. The molecule has 0 fully saturated rings. The van der Waals surface area contributed by atoms with Crippen LogP contribution in [0.25, 0.3) is 5.65 Å². The summed E-state index contributed by atoms with van der Waals surface area (Å²) in [6, 6.07) is 6.48. The maximum absolute atomic E-state index is 13.0.